The van der Waals surface area contributed by atoms with Gasteiger partial charge in [0.15, 0.2) is 0 Å². The minimum Gasteiger partial charge on any atom is -0.353 e. The molecular formula is C16H29ClN4O3. The smallest absolute Gasteiger partial charge is 0.325 e. The lowest BCUT2D eigenvalue weighted by Crippen LogP contribution is -2.50. The molecule has 1 aliphatic heterocycles. The number of carbonyl (C=O) groups excluding carboxylic acids is 3. The summed E-state index contributed by atoms with van der Waals surface area (Å²) in [7, 11) is 0. The molecular weight excluding hydrogens is 332 g/mol. The fourth-order valence-electron chi connectivity index (χ4n) is 3.21. The standard InChI is InChI=1S/C16H28N4O3.ClH/c1-3-8-17-9-10-18-13(21)11-20-14(22)16(19-15(20)23)6-4-12(2)5-7-16;/h12,17H,3-11H2,1-2H3,(H,18,21)(H,19,23);1H. The SMILES string of the molecule is CCCNCCNC(=O)CN1C(=O)NC2(CCC(C)CC2)C1=O.Cl. The van der Waals surface area contributed by atoms with E-state index in [2.05, 4.69) is 29.8 Å². The molecule has 3 N–H and O–H groups in total. The fraction of sp³-hybridized carbons (Fsp3) is 0.812. The third-order valence-corrected chi connectivity index (χ3v) is 4.73. The van der Waals surface area contributed by atoms with Crippen LogP contribution in [-0.4, -0.2) is 54.5 Å². The zero-order valence-corrected chi connectivity index (χ0v) is 15.3. The number of carbonyl (C=O) groups is 3. The van der Waals surface area contributed by atoms with Crippen molar-refractivity contribution in [1.82, 2.24) is 20.9 Å². The molecule has 1 saturated carbocycles. The molecule has 138 valence electrons. The molecule has 2 aliphatic rings. The van der Waals surface area contributed by atoms with E-state index in [0.717, 1.165) is 30.7 Å². The van der Waals surface area contributed by atoms with Crippen molar-refractivity contribution in [3.8, 4) is 0 Å². The molecule has 0 aromatic heterocycles. The highest BCUT2D eigenvalue weighted by Crippen LogP contribution is 2.36. The molecule has 2 fully saturated rings. The second-order valence-corrected chi connectivity index (χ2v) is 6.69. The van der Waals surface area contributed by atoms with E-state index in [1.165, 1.54) is 0 Å². The van der Waals surface area contributed by atoms with Crippen LogP contribution in [0.15, 0.2) is 0 Å². The van der Waals surface area contributed by atoms with E-state index in [1.807, 2.05) is 0 Å². The summed E-state index contributed by atoms with van der Waals surface area (Å²) in [6.45, 7) is 6.11. The third-order valence-electron chi connectivity index (χ3n) is 4.73. The van der Waals surface area contributed by atoms with E-state index in [0.29, 0.717) is 31.8 Å². The Kier molecular flexibility index (Phi) is 7.96. The molecule has 0 bridgehead atoms. The molecule has 2 rings (SSSR count). The molecule has 1 heterocycles. The summed E-state index contributed by atoms with van der Waals surface area (Å²) in [5, 5.41) is 8.73. The Bertz CT molecular complexity index is 464. The zero-order chi connectivity index (χ0) is 16.9. The Morgan fingerprint density at radius 1 is 1.25 bits per heavy atom. The summed E-state index contributed by atoms with van der Waals surface area (Å²) in [5.74, 6) is 0.0416. The van der Waals surface area contributed by atoms with E-state index in [9.17, 15) is 14.4 Å². The molecule has 7 nitrogen and oxygen atoms in total. The summed E-state index contributed by atoms with van der Waals surface area (Å²) in [6.07, 6.45) is 4.22. The van der Waals surface area contributed by atoms with Gasteiger partial charge >= 0.3 is 6.03 Å². The van der Waals surface area contributed by atoms with Crippen LogP contribution in [0.25, 0.3) is 0 Å². The Labute approximate surface area is 149 Å². The van der Waals surface area contributed by atoms with E-state index in [4.69, 9.17) is 0 Å². The number of halogens is 1. The largest absolute Gasteiger partial charge is 0.353 e. The second kappa shape index (κ2) is 9.22. The highest BCUT2D eigenvalue weighted by atomic mass is 35.5. The van der Waals surface area contributed by atoms with Crippen LogP contribution >= 0.6 is 12.4 Å². The highest BCUT2D eigenvalue weighted by Gasteiger charge is 2.52. The van der Waals surface area contributed by atoms with Crippen molar-refractivity contribution in [2.24, 2.45) is 5.92 Å². The van der Waals surface area contributed by atoms with Gasteiger partial charge in [-0.25, -0.2) is 4.79 Å². The number of amides is 4. The number of rotatable bonds is 7. The van der Waals surface area contributed by atoms with Crippen LogP contribution in [0.4, 0.5) is 4.79 Å². The predicted octanol–water partition coefficient (Wildman–Crippen LogP) is 1.02. The summed E-state index contributed by atoms with van der Waals surface area (Å²) in [6, 6.07) is -0.441. The lowest BCUT2D eigenvalue weighted by molar-refractivity contribution is -0.136. The molecule has 8 heteroatoms. The Hall–Kier alpha value is -1.34. The Morgan fingerprint density at radius 3 is 2.54 bits per heavy atom. The van der Waals surface area contributed by atoms with Gasteiger partial charge in [0.2, 0.25) is 5.91 Å². The number of hydrogen-bond acceptors (Lipinski definition) is 4. The monoisotopic (exact) mass is 360 g/mol. The molecule has 0 unspecified atom stereocenters. The molecule has 24 heavy (non-hydrogen) atoms. The maximum atomic E-state index is 12.6. The molecule has 1 saturated heterocycles. The van der Waals surface area contributed by atoms with Crippen molar-refractivity contribution >= 4 is 30.3 Å². The first-order valence-corrected chi connectivity index (χ1v) is 8.60. The minimum atomic E-state index is -0.771. The van der Waals surface area contributed by atoms with Crippen molar-refractivity contribution in [3.63, 3.8) is 0 Å². The van der Waals surface area contributed by atoms with Gasteiger partial charge in [-0.3, -0.25) is 14.5 Å². The first-order valence-electron chi connectivity index (χ1n) is 8.60. The van der Waals surface area contributed by atoms with Gasteiger partial charge < -0.3 is 16.0 Å². The summed E-state index contributed by atoms with van der Waals surface area (Å²) < 4.78 is 0. The van der Waals surface area contributed by atoms with Gasteiger partial charge in [-0.05, 0) is 44.6 Å². The van der Waals surface area contributed by atoms with Crippen LogP contribution < -0.4 is 16.0 Å². The molecule has 1 spiro atoms. The number of nitrogens with zero attached hydrogens (tertiary/aromatic N) is 1. The van der Waals surface area contributed by atoms with Gasteiger partial charge in [-0.15, -0.1) is 12.4 Å². The molecule has 0 radical (unpaired) electrons. The first kappa shape index (κ1) is 20.7. The lowest BCUT2D eigenvalue weighted by atomic mass is 9.77. The number of imide groups is 1. The van der Waals surface area contributed by atoms with E-state index >= 15 is 0 Å². The maximum Gasteiger partial charge on any atom is 0.325 e. The van der Waals surface area contributed by atoms with Crippen molar-refractivity contribution in [1.29, 1.82) is 0 Å². The second-order valence-electron chi connectivity index (χ2n) is 6.69. The Balaban J connectivity index is 0.00000288. The highest BCUT2D eigenvalue weighted by molar-refractivity contribution is 6.09. The van der Waals surface area contributed by atoms with Crippen molar-refractivity contribution in [2.75, 3.05) is 26.2 Å². The van der Waals surface area contributed by atoms with Crippen molar-refractivity contribution in [3.05, 3.63) is 0 Å². The average Bonchev–Trinajstić information content (AvgIpc) is 2.75. The maximum absolute atomic E-state index is 12.6. The Morgan fingerprint density at radius 2 is 1.92 bits per heavy atom. The predicted molar refractivity (Wildman–Crippen MR) is 94.0 cm³/mol. The zero-order valence-electron chi connectivity index (χ0n) is 14.5. The first-order chi connectivity index (χ1) is 11.0. The van der Waals surface area contributed by atoms with Crippen LogP contribution in [0.5, 0.6) is 0 Å². The summed E-state index contributed by atoms with van der Waals surface area (Å²) in [4.78, 5) is 37.7. The van der Waals surface area contributed by atoms with Gasteiger partial charge in [0, 0.05) is 13.1 Å². The number of hydrogen-bond donors (Lipinski definition) is 3. The molecule has 4 amide bonds. The van der Waals surface area contributed by atoms with E-state index in [1.54, 1.807) is 0 Å². The van der Waals surface area contributed by atoms with Gasteiger partial charge in [0.1, 0.15) is 12.1 Å². The van der Waals surface area contributed by atoms with Gasteiger partial charge in [-0.2, -0.15) is 0 Å². The van der Waals surface area contributed by atoms with Crippen molar-refractivity contribution in [2.45, 2.75) is 51.5 Å². The topological polar surface area (TPSA) is 90.5 Å². The minimum absolute atomic E-state index is 0. The van der Waals surface area contributed by atoms with Crippen molar-refractivity contribution < 1.29 is 14.4 Å². The van der Waals surface area contributed by atoms with Crippen LogP contribution in [0.2, 0.25) is 0 Å². The normalized spacial score (nSPS) is 26.2. The van der Waals surface area contributed by atoms with Crippen LogP contribution in [0.1, 0.15) is 46.0 Å². The van der Waals surface area contributed by atoms with Gasteiger partial charge in [0.25, 0.3) is 5.91 Å². The lowest BCUT2D eigenvalue weighted by Gasteiger charge is -2.33. The van der Waals surface area contributed by atoms with Gasteiger partial charge in [0.05, 0.1) is 0 Å². The number of urea groups is 1. The fourth-order valence-corrected chi connectivity index (χ4v) is 3.21. The van der Waals surface area contributed by atoms with Gasteiger partial charge in [-0.1, -0.05) is 13.8 Å². The van der Waals surface area contributed by atoms with E-state index < -0.39 is 11.6 Å². The van der Waals surface area contributed by atoms with Crippen LogP contribution in [0.3, 0.4) is 0 Å². The molecule has 0 aromatic rings. The van der Waals surface area contributed by atoms with Crippen LogP contribution in [-0.2, 0) is 9.59 Å². The van der Waals surface area contributed by atoms with Crippen LogP contribution in [0, 0.1) is 5.92 Å². The summed E-state index contributed by atoms with van der Waals surface area (Å²) >= 11 is 0. The third kappa shape index (κ3) is 4.83. The molecule has 0 atom stereocenters. The summed E-state index contributed by atoms with van der Waals surface area (Å²) in [5.41, 5.74) is -0.771. The average molecular weight is 361 g/mol. The van der Waals surface area contributed by atoms with E-state index in [-0.39, 0.29) is 30.8 Å². The quantitative estimate of drug-likeness (QED) is 0.467. The molecule has 1 aliphatic carbocycles. The number of nitrogens with one attached hydrogen (secondary N) is 3. The molecule has 0 aromatic carbocycles.